The average Bonchev–Trinajstić information content (AvgIpc) is 3.28. The van der Waals surface area contributed by atoms with Crippen molar-refractivity contribution in [2.45, 2.75) is 31.0 Å². The predicted octanol–water partition coefficient (Wildman–Crippen LogP) is 2.08. The molecule has 1 spiro atoms. The van der Waals surface area contributed by atoms with Gasteiger partial charge >= 0.3 is 6.18 Å². The molecule has 0 radical (unpaired) electrons. The van der Waals surface area contributed by atoms with E-state index in [0.29, 0.717) is 5.75 Å². The summed E-state index contributed by atoms with van der Waals surface area (Å²) < 4.78 is 57.9. The zero-order valence-corrected chi connectivity index (χ0v) is 13.9. The molecule has 1 N–H and O–H groups in total. The van der Waals surface area contributed by atoms with Crippen molar-refractivity contribution in [3.63, 3.8) is 0 Å². The summed E-state index contributed by atoms with van der Waals surface area (Å²) in [6, 6.07) is 6.96. The van der Waals surface area contributed by atoms with E-state index in [4.69, 9.17) is 14.2 Å². The third-order valence-corrected chi connectivity index (χ3v) is 4.71. The third-order valence-electron chi connectivity index (χ3n) is 4.71. The van der Waals surface area contributed by atoms with Crippen LogP contribution in [-0.4, -0.2) is 41.3 Å². The van der Waals surface area contributed by atoms with Gasteiger partial charge in [-0.1, -0.05) is 12.1 Å². The number of rotatable bonds is 3. The monoisotopic (exact) mass is 370 g/mol. The molecule has 9 heteroatoms. The second-order valence-corrected chi connectivity index (χ2v) is 6.26. The van der Waals surface area contributed by atoms with E-state index < -0.39 is 23.8 Å². The maximum atomic E-state index is 13.6. The van der Waals surface area contributed by atoms with Gasteiger partial charge in [0.2, 0.25) is 5.79 Å². The highest BCUT2D eigenvalue weighted by Crippen LogP contribution is 2.49. The topological polar surface area (TPSA) is 65.7 Å². The molecule has 1 fully saturated rings. The lowest BCUT2D eigenvalue weighted by Gasteiger charge is -2.27. The first-order valence-electron chi connectivity index (χ1n) is 8.11. The van der Waals surface area contributed by atoms with E-state index in [9.17, 15) is 18.3 Å². The molecule has 2 heterocycles. The molecule has 2 aliphatic rings. The van der Waals surface area contributed by atoms with Crippen LogP contribution in [0.2, 0.25) is 0 Å². The molecule has 2 aromatic rings. The summed E-state index contributed by atoms with van der Waals surface area (Å²) >= 11 is 0. The molecule has 1 aliphatic carbocycles. The fraction of sp³-hybridized carbons (Fsp3) is 0.471. The normalized spacial score (nSPS) is 21.3. The number of hydrogen-bond acceptors (Lipinski definition) is 5. The molecule has 1 aliphatic heterocycles. The molecule has 6 nitrogen and oxygen atoms in total. The van der Waals surface area contributed by atoms with E-state index in [1.807, 2.05) is 0 Å². The SMILES string of the molecule is COc1ccc(Cn2nc(C(F)(F)F)c3c2CC(O)C32OCCO2)cc1. The van der Waals surface area contributed by atoms with E-state index in [2.05, 4.69) is 5.10 Å². The number of aromatic nitrogens is 2. The molecule has 1 aromatic carbocycles. The Balaban J connectivity index is 1.78. The van der Waals surface area contributed by atoms with Crippen molar-refractivity contribution in [3.05, 3.63) is 46.8 Å². The molecule has 1 aromatic heterocycles. The van der Waals surface area contributed by atoms with Crippen molar-refractivity contribution in [2.24, 2.45) is 0 Å². The maximum Gasteiger partial charge on any atom is 0.435 e. The molecule has 1 unspecified atom stereocenters. The van der Waals surface area contributed by atoms with Crippen LogP contribution in [0.15, 0.2) is 24.3 Å². The number of nitrogens with zero attached hydrogens (tertiary/aromatic N) is 2. The molecule has 4 rings (SSSR count). The van der Waals surface area contributed by atoms with Crippen molar-refractivity contribution in [1.82, 2.24) is 9.78 Å². The van der Waals surface area contributed by atoms with Gasteiger partial charge in [-0.05, 0) is 17.7 Å². The van der Waals surface area contributed by atoms with Gasteiger partial charge in [0.15, 0.2) is 5.69 Å². The first kappa shape index (κ1) is 17.3. The van der Waals surface area contributed by atoms with Crippen LogP contribution < -0.4 is 4.74 Å². The largest absolute Gasteiger partial charge is 0.497 e. The number of aliphatic hydroxyl groups is 1. The molecule has 0 saturated carbocycles. The van der Waals surface area contributed by atoms with Gasteiger partial charge in [0.1, 0.15) is 11.9 Å². The Labute approximate surface area is 147 Å². The van der Waals surface area contributed by atoms with Crippen LogP contribution in [0, 0.1) is 0 Å². The van der Waals surface area contributed by atoms with Crippen LogP contribution in [0.5, 0.6) is 5.75 Å². The van der Waals surface area contributed by atoms with Crippen molar-refractivity contribution in [3.8, 4) is 5.75 Å². The van der Waals surface area contributed by atoms with E-state index in [0.717, 1.165) is 5.56 Å². The van der Waals surface area contributed by atoms with E-state index in [1.54, 1.807) is 24.3 Å². The van der Waals surface area contributed by atoms with Gasteiger partial charge < -0.3 is 19.3 Å². The minimum Gasteiger partial charge on any atom is -0.497 e. The smallest absolute Gasteiger partial charge is 0.435 e. The van der Waals surface area contributed by atoms with E-state index in [1.165, 1.54) is 11.8 Å². The van der Waals surface area contributed by atoms with Gasteiger partial charge in [-0.2, -0.15) is 18.3 Å². The minimum atomic E-state index is -4.68. The van der Waals surface area contributed by atoms with Crippen LogP contribution in [0.25, 0.3) is 0 Å². The standard InChI is InChI=1S/C17H17F3N2O4/c1-24-11-4-2-10(3-5-11)9-22-12-8-13(23)16(25-6-7-26-16)14(12)15(21-22)17(18,19)20/h2-5,13,23H,6-9H2,1H3. The molecule has 1 saturated heterocycles. The lowest BCUT2D eigenvalue weighted by Crippen LogP contribution is -2.38. The number of aliphatic hydroxyl groups excluding tert-OH is 1. The number of halogens is 3. The number of ether oxygens (including phenoxy) is 3. The average molecular weight is 370 g/mol. The molecule has 0 bridgehead atoms. The van der Waals surface area contributed by atoms with Crippen LogP contribution >= 0.6 is 0 Å². The van der Waals surface area contributed by atoms with Gasteiger partial charge in [0.05, 0.1) is 38.1 Å². The number of methoxy groups -OCH3 is 1. The third kappa shape index (κ3) is 2.58. The number of fused-ring (bicyclic) bond motifs is 2. The Morgan fingerprint density at radius 1 is 1.27 bits per heavy atom. The second kappa shape index (κ2) is 5.97. The van der Waals surface area contributed by atoms with Crippen molar-refractivity contribution in [2.75, 3.05) is 20.3 Å². The zero-order valence-electron chi connectivity index (χ0n) is 13.9. The summed E-state index contributed by atoms with van der Waals surface area (Å²) in [6.07, 6.45) is -5.91. The summed E-state index contributed by atoms with van der Waals surface area (Å²) in [7, 11) is 1.54. The summed E-state index contributed by atoms with van der Waals surface area (Å²) in [5, 5.41) is 14.1. The Bertz CT molecular complexity index is 811. The van der Waals surface area contributed by atoms with Crippen molar-refractivity contribution < 1.29 is 32.5 Å². The van der Waals surface area contributed by atoms with E-state index in [-0.39, 0.29) is 37.4 Å². The highest BCUT2D eigenvalue weighted by molar-refractivity contribution is 5.40. The first-order chi connectivity index (χ1) is 12.3. The number of hydrogen-bond donors (Lipinski definition) is 1. The lowest BCUT2D eigenvalue weighted by molar-refractivity contribution is -0.224. The predicted molar refractivity (Wildman–Crippen MR) is 82.6 cm³/mol. The van der Waals surface area contributed by atoms with Crippen LogP contribution in [-0.2, 0) is 34.4 Å². The van der Waals surface area contributed by atoms with Crippen LogP contribution in [0.3, 0.4) is 0 Å². The highest BCUT2D eigenvalue weighted by Gasteiger charge is 2.58. The van der Waals surface area contributed by atoms with E-state index >= 15 is 0 Å². The van der Waals surface area contributed by atoms with Crippen LogP contribution in [0.4, 0.5) is 13.2 Å². The fourth-order valence-electron chi connectivity index (χ4n) is 3.55. The quantitative estimate of drug-likeness (QED) is 0.896. The summed E-state index contributed by atoms with van der Waals surface area (Å²) in [5.74, 6) is -1.13. The molecular weight excluding hydrogens is 353 g/mol. The maximum absolute atomic E-state index is 13.6. The summed E-state index contributed by atoms with van der Waals surface area (Å²) in [6.45, 7) is 0.375. The Morgan fingerprint density at radius 3 is 2.50 bits per heavy atom. The van der Waals surface area contributed by atoms with Gasteiger partial charge in [0.25, 0.3) is 0 Å². The Morgan fingerprint density at radius 2 is 1.92 bits per heavy atom. The summed E-state index contributed by atoms with van der Waals surface area (Å²) in [4.78, 5) is 0. The number of alkyl halides is 3. The second-order valence-electron chi connectivity index (χ2n) is 6.26. The van der Waals surface area contributed by atoms with Gasteiger partial charge in [0, 0.05) is 6.42 Å². The summed E-state index contributed by atoms with van der Waals surface area (Å²) in [5.41, 5.74) is -0.237. The van der Waals surface area contributed by atoms with Crippen molar-refractivity contribution in [1.29, 1.82) is 0 Å². The number of benzene rings is 1. The van der Waals surface area contributed by atoms with Gasteiger partial charge in [-0.3, -0.25) is 4.68 Å². The highest BCUT2D eigenvalue weighted by atomic mass is 19.4. The molecule has 26 heavy (non-hydrogen) atoms. The Hall–Kier alpha value is -2.10. The first-order valence-corrected chi connectivity index (χ1v) is 8.11. The lowest BCUT2D eigenvalue weighted by atomic mass is 10.1. The fourth-order valence-corrected chi connectivity index (χ4v) is 3.55. The van der Waals surface area contributed by atoms with Crippen LogP contribution in [0.1, 0.15) is 22.5 Å². The molecule has 0 amide bonds. The van der Waals surface area contributed by atoms with Gasteiger partial charge in [-0.25, -0.2) is 0 Å². The Kier molecular flexibility index (Phi) is 3.98. The molecular formula is C17H17F3N2O4. The molecule has 1 atom stereocenters. The molecule has 140 valence electrons. The van der Waals surface area contributed by atoms with Gasteiger partial charge in [-0.15, -0.1) is 0 Å². The minimum absolute atomic E-state index is 0.0193. The zero-order chi connectivity index (χ0) is 18.5. The van der Waals surface area contributed by atoms with Crippen molar-refractivity contribution >= 4 is 0 Å².